The number of anilines is 1. The second kappa shape index (κ2) is 6.40. The Bertz CT molecular complexity index is 441. The van der Waals surface area contributed by atoms with Gasteiger partial charge < -0.3 is 10.6 Å². The molecule has 0 atom stereocenters. The highest BCUT2D eigenvalue weighted by Gasteiger charge is 2.20. The maximum absolute atomic E-state index is 10.8. The third-order valence-electron chi connectivity index (χ3n) is 2.07. The number of rotatable bonds is 6. The van der Waals surface area contributed by atoms with Crippen LogP contribution < -0.4 is 10.6 Å². The van der Waals surface area contributed by atoms with Crippen molar-refractivity contribution < 1.29 is 4.92 Å². The van der Waals surface area contributed by atoms with Crippen LogP contribution >= 0.6 is 0 Å². The zero-order chi connectivity index (χ0) is 12.7. The molecule has 0 aromatic carbocycles. The van der Waals surface area contributed by atoms with Crippen LogP contribution in [0, 0.1) is 21.4 Å². The average Bonchev–Trinajstić information content (AvgIpc) is 2.33. The van der Waals surface area contributed by atoms with Crippen LogP contribution in [0.15, 0.2) is 12.3 Å². The first-order valence-electron chi connectivity index (χ1n) is 5.18. The summed E-state index contributed by atoms with van der Waals surface area (Å²) in [5.41, 5.74) is -0.262. The first-order chi connectivity index (χ1) is 8.20. The van der Waals surface area contributed by atoms with Gasteiger partial charge in [-0.1, -0.05) is 6.92 Å². The normalized spacial score (nSPS) is 9.65. The van der Waals surface area contributed by atoms with Gasteiger partial charge in [0.25, 0.3) is 0 Å². The molecule has 0 saturated heterocycles. The highest BCUT2D eigenvalue weighted by atomic mass is 16.6. The highest BCUT2D eigenvalue weighted by Crippen LogP contribution is 2.25. The summed E-state index contributed by atoms with van der Waals surface area (Å²) in [5, 5.41) is 25.5. The van der Waals surface area contributed by atoms with E-state index in [2.05, 4.69) is 15.6 Å². The molecular formula is C10H13N5O2. The number of hydrogen-bond donors (Lipinski definition) is 2. The lowest BCUT2D eigenvalue weighted by molar-refractivity contribution is -0.384. The summed E-state index contributed by atoms with van der Waals surface area (Å²) in [6, 6.07) is 3.11. The Kier molecular flexibility index (Phi) is 4.84. The Morgan fingerprint density at radius 3 is 2.94 bits per heavy atom. The molecule has 0 aliphatic carbocycles. The Labute approximate surface area is 98.6 Å². The van der Waals surface area contributed by atoms with Crippen LogP contribution in [0.3, 0.4) is 0 Å². The summed E-state index contributed by atoms with van der Waals surface area (Å²) in [6.45, 7) is 3.98. The van der Waals surface area contributed by atoms with E-state index in [1.54, 1.807) is 6.07 Å². The predicted octanol–water partition coefficient (Wildman–Crippen LogP) is 0.883. The molecule has 0 radical (unpaired) electrons. The van der Waals surface area contributed by atoms with E-state index < -0.39 is 4.92 Å². The summed E-state index contributed by atoms with van der Waals surface area (Å²) < 4.78 is 0. The maximum atomic E-state index is 10.8. The molecule has 0 amide bonds. The monoisotopic (exact) mass is 235 g/mol. The zero-order valence-electron chi connectivity index (χ0n) is 9.43. The number of nitrogens with zero attached hydrogens (tertiary/aromatic N) is 3. The van der Waals surface area contributed by atoms with E-state index in [4.69, 9.17) is 5.26 Å². The van der Waals surface area contributed by atoms with E-state index in [-0.39, 0.29) is 17.1 Å². The molecule has 0 aliphatic heterocycles. The Morgan fingerprint density at radius 1 is 1.59 bits per heavy atom. The fourth-order valence-corrected chi connectivity index (χ4v) is 1.30. The summed E-state index contributed by atoms with van der Waals surface area (Å²) >= 11 is 0. The van der Waals surface area contributed by atoms with Crippen LogP contribution in [-0.4, -0.2) is 29.5 Å². The van der Waals surface area contributed by atoms with Crippen molar-refractivity contribution in [3.63, 3.8) is 0 Å². The topological polar surface area (TPSA) is 104 Å². The minimum Gasteiger partial charge on any atom is -0.363 e. The smallest absolute Gasteiger partial charge is 0.328 e. The Hall–Kier alpha value is -2.20. The van der Waals surface area contributed by atoms with Gasteiger partial charge >= 0.3 is 5.69 Å². The number of likely N-dealkylation sites (N-methyl/N-ethyl adjacent to an activating group) is 1. The van der Waals surface area contributed by atoms with Gasteiger partial charge in [-0.05, 0) is 12.6 Å². The molecule has 17 heavy (non-hydrogen) atoms. The van der Waals surface area contributed by atoms with Gasteiger partial charge in [0.2, 0.25) is 5.82 Å². The fourth-order valence-electron chi connectivity index (χ4n) is 1.30. The molecular weight excluding hydrogens is 222 g/mol. The van der Waals surface area contributed by atoms with E-state index in [9.17, 15) is 10.1 Å². The van der Waals surface area contributed by atoms with Gasteiger partial charge in [0, 0.05) is 19.3 Å². The SMILES string of the molecule is CCNCCNc1nccc(C#N)c1[N+](=O)[O-]. The van der Waals surface area contributed by atoms with Gasteiger partial charge in [-0.15, -0.1) is 0 Å². The van der Waals surface area contributed by atoms with Crippen LogP contribution in [0.2, 0.25) is 0 Å². The van der Waals surface area contributed by atoms with Gasteiger partial charge in [-0.25, -0.2) is 4.98 Å². The van der Waals surface area contributed by atoms with E-state index in [1.807, 2.05) is 6.92 Å². The van der Waals surface area contributed by atoms with E-state index in [1.165, 1.54) is 12.3 Å². The molecule has 1 rings (SSSR count). The summed E-state index contributed by atoms with van der Waals surface area (Å²) in [6.07, 6.45) is 1.38. The van der Waals surface area contributed by atoms with Crippen molar-refractivity contribution in [2.24, 2.45) is 0 Å². The summed E-state index contributed by atoms with van der Waals surface area (Å²) in [5.74, 6) is 0.131. The maximum Gasteiger partial charge on any atom is 0.328 e. The zero-order valence-corrected chi connectivity index (χ0v) is 9.43. The number of hydrogen-bond acceptors (Lipinski definition) is 6. The third-order valence-corrected chi connectivity index (χ3v) is 2.07. The van der Waals surface area contributed by atoms with Crippen LogP contribution in [0.4, 0.5) is 11.5 Å². The number of aromatic nitrogens is 1. The molecule has 90 valence electrons. The fraction of sp³-hybridized carbons (Fsp3) is 0.400. The quantitative estimate of drug-likeness (QED) is 0.431. The minimum absolute atomic E-state index is 0.0101. The third kappa shape index (κ3) is 3.39. The van der Waals surface area contributed by atoms with Crippen molar-refractivity contribution in [2.75, 3.05) is 25.0 Å². The van der Waals surface area contributed by atoms with Crippen molar-refractivity contribution in [1.82, 2.24) is 10.3 Å². The molecule has 0 saturated carbocycles. The van der Waals surface area contributed by atoms with Gasteiger partial charge in [-0.2, -0.15) is 5.26 Å². The number of nitriles is 1. The lowest BCUT2D eigenvalue weighted by Crippen LogP contribution is -2.22. The molecule has 1 aromatic rings. The first kappa shape index (κ1) is 12.9. The molecule has 0 bridgehead atoms. The van der Waals surface area contributed by atoms with Crippen LogP contribution in [-0.2, 0) is 0 Å². The molecule has 1 aromatic heterocycles. The Balaban J connectivity index is 2.84. The van der Waals surface area contributed by atoms with Crippen molar-refractivity contribution in [2.45, 2.75) is 6.92 Å². The number of nitrogens with one attached hydrogen (secondary N) is 2. The minimum atomic E-state index is -0.596. The molecule has 0 aliphatic rings. The van der Waals surface area contributed by atoms with Crippen LogP contribution in [0.5, 0.6) is 0 Å². The summed E-state index contributed by atoms with van der Waals surface area (Å²) in [4.78, 5) is 14.1. The van der Waals surface area contributed by atoms with Crippen molar-refractivity contribution in [3.8, 4) is 6.07 Å². The predicted molar refractivity (Wildman–Crippen MR) is 62.6 cm³/mol. The summed E-state index contributed by atoms with van der Waals surface area (Å²) in [7, 11) is 0. The lowest BCUT2D eigenvalue weighted by atomic mass is 10.2. The van der Waals surface area contributed by atoms with Crippen molar-refractivity contribution >= 4 is 11.5 Å². The van der Waals surface area contributed by atoms with Crippen molar-refractivity contribution in [1.29, 1.82) is 5.26 Å². The number of nitro groups is 1. The largest absolute Gasteiger partial charge is 0.363 e. The van der Waals surface area contributed by atoms with E-state index >= 15 is 0 Å². The first-order valence-corrected chi connectivity index (χ1v) is 5.18. The molecule has 0 unspecified atom stereocenters. The molecule has 1 heterocycles. The van der Waals surface area contributed by atoms with E-state index in [0.717, 1.165) is 6.54 Å². The van der Waals surface area contributed by atoms with E-state index in [0.29, 0.717) is 13.1 Å². The van der Waals surface area contributed by atoms with Gasteiger partial charge in [-0.3, -0.25) is 10.1 Å². The average molecular weight is 235 g/mol. The Morgan fingerprint density at radius 2 is 2.35 bits per heavy atom. The van der Waals surface area contributed by atoms with Crippen LogP contribution in [0.25, 0.3) is 0 Å². The second-order valence-electron chi connectivity index (χ2n) is 3.20. The second-order valence-corrected chi connectivity index (χ2v) is 3.20. The molecule has 0 spiro atoms. The van der Waals surface area contributed by atoms with Gasteiger partial charge in [0.15, 0.2) is 0 Å². The van der Waals surface area contributed by atoms with Crippen molar-refractivity contribution in [3.05, 3.63) is 27.9 Å². The lowest BCUT2D eigenvalue weighted by Gasteiger charge is -2.06. The molecule has 7 heteroatoms. The van der Waals surface area contributed by atoms with Gasteiger partial charge in [0.1, 0.15) is 11.6 Å². The van der Waals surface area contributed by atoms with Gasteiger partial charge in [0.05, 0.1) is 4.92 Å². The standard InChI is InChI=1S/C10H13N5O2/c1-2-12-5-6-14-10-9(15(16)17)8(7-11)3-4-13-10/h3-4,12H,2,5-6H2,1H3,(H,13,14). The molecule has 7 nitrogen and oxygen atoms in total. The molecule has 2 N–H and O–H groups in total. The number of pyridine rings is 1. The molecule has 0 fully saturated rings. The van der Waals surface area contributed by atoms with Crippen LogP contribution in [0.1, 0.15) is 12.5 Å². The highest BCUT2D eigenvalue weighted by molar-refractivity contribution is 5.63.